The van der Waals surface area contributed by atoms with Gasteiger partial charge in [-0.2, -0.15) is 5.26 Å². The van der Waals surface area contributed by atoms with Crippen molar-refractivity contribution >= 4 is 17.0 Å². The van der Waals surface area contributed by atoms with E-state index in [1.165, 1.54) is 21.3 Å². The van der Waals surface area contributed by atoms with Crippen LogP contribution >= 0.6 is 11.3 Å². The van der Waals surface area contributed by atoms with Crippen LogP contribution in [0.3, 0.4) is 0 Å². The number of pyridine rings is 1. The lowest BCUT2D eigenvalue weighted by atomic mass is 9.97. The van der Waals surface area contributed by atoms with Crippen molar-refractivity contribution in [3.63, 3.8) is 0 Å². The summed E-state index contributed by atoms with van der Waals surface area (Å²) in [4.78, 5) is 15.6. The van der Waals surface area contributed by atoms with Gasteiger partial charge < -0.3 is 9.80 Å². The van der Waals surface area contributed by atoms with Crippen molar-refractivity contribution in [1.29, 1.82) is 5.26 Å². The minimum absolute atomic E-state index is 0.564. The Labute approximate surface area is 169 Å². The van der Waals surface area contributed by atoms with Crippen LogP contribution in [-0.2, 0) is 12.8 Å². The number of piperidine rings is 1. The number of hydrogen-bond acceptors (Lipinski definition) is 6. The Kier molecular flexibility index (Phi) is 4.61. The fraction of sp³-hybridized carbons (Fsp3) is 0.409. The van der Waals surface area contributed by atoms with Gasteiger partial charge in [0.1, 0.15) is 6.07 Å². The monoisotopic (exact) mass is 389 g/mol. The molecule has 0 atom stereocenters. The molecule has 2 aliphatic heterocycles. The van der Waals surface area contributed by atoms with Crippen LogP contribution in [0.5, 0.6) is 0 Å². The number of allylic oxidation sites excluding steroid dienone is 3. The summed E-state index contributed by atoms with van der Waals surface area (Å²) in [5.74, 6) is 0.564. The average Bonchev–Trinajstić information content (AvgIpc) is 3.02. The predicted octanol–water partition coefficient (Wildman–Crippen LogP) is 3.65. The molecular weight excluding hydrogens is 366 g/mol. The molecule has 5 rings (SSSR count). The predicted molar refractivity (Wildman–Crippen MR) is 111 cm³/mol. The van der Waals surface area contributed by atoms with Crippen LogP contribution in [-0.4, -0.2) is 41.0 Å². The van der Waals surface area contributed by atoms with Gasteiger partial charge in [0.25, 0.3) is 0 Å². The zero-order chi connectivity index (χ0) is 18.9. The van der Waals surface area contributed by atoms with E-state index in [4.69, 9.17) is 10.2 Å². The highest BCUT2D eigenvalue weighted by Crippen LogP contribution is 2.35. The molecule has 1 fully saturated rings. The lowest BCUT2D eigenvalue weighted by Gasteiger charge is -2.32. The van der Waals surface area contributed by atoms with Gasteiger partial charge in [0, 0.05) is 61.7 Å². The molecule has 3 aliphatic rings. The second kappa shape index (κ2) is 7.40. The third-order valence-corrected chi connectivity index (χ3v) is 7.30. The van der Waals surface area contributed by atoms with Crippen LogP contribution < -0.4 is 4.90 Å². The first-order valence-corrected chi connectivity index (χ1v) is 10.8. The average molecular weight is 390 g/mol. The molecule has 2 aromatic heterocycles. The van der Waals surface area contributed by atoms with E-state index in [1.807, 2.05) is 23.6 Å². The van der Waals surface area contributed by atoms with E-state index in [-0.39, 0.29) is 0 Å². The maximum atomic E-state index is 9.09. The quantitative estimate of drug-likeness (QED) is 0.802. The minimum atomic E-state index is 0.564. The summed E-state index contributed by atoms with van der Waals surface area (Å²) < 4.78 is 0. The molecule has 4 heterocycles. The normalized spacial score (nSPS) is 19.5. The van der Waals surface area contributed by atoms with E-state index < -0.39 is 0 Å². The summed E-state index contributed by atoms with van der Waals surface area (Å²) in [6.45, 7) is 4.18. The van der Waals surface area contributed by atoms with E-state index in [2.05, 4.69) is 39.1 Å². The Balaban J connectivity index is 1.22. The highest BCUT2D eigenvalue weighted by atomic mass is 32.1. The van der Waals surface area contributed by atoms with Crippen molar-refractivity contribution in [2.24, 2.45) is 0 Å². The maximum Gasteiger partial charge on any atom is 0.101 e. The number of hydrogen-bond donors (Lipinski definition) is 0. The highest BCUT2D eigenvalue weighted by molar-refractivity contribution is 7.11. The zero-order valence-electron chi connectivity index (χ0n) is 15.8. The van der Waals surface area contributed by atoms with E-state index >= 15 is 0 Å². The number of nitrogens with zero attached hydrogens (tertiary/aromatic N) is 5. The van der Waals surface area contributed by atoms with E-state index in [0.29, 0.717) is 11.5 Å². The number of fused-ring (bicyclic) bond motifs is 1. The molecule has 6 heteroatoms. The van der Waals surface area contributed by atoms with Gasteiger partial charge in [-0.15, -0.1) is 11.3 Å². The van der Waals surface area contributed by atoms with E-state index in [9.17, 15) is 0 Å². The molecule has 142 valence electrons. The molecule has 0 unspecified atom stereocenters. The summed E-state index contributed by atoms with van der Waals surface area (Å²) in [6, 6.07) is 4.13. The molecule has 0 spiro atoms. The van der Waals surface area contributed by atoms with Crippen LogP contribution in [0.25, 0.3) is 0 Å². The summed E-state index contributed by atoms with van der Waals surface area (Å²) >= 11 is 1.95. The first kappa shape index (κ1) is 17.4. The van der Waals surface area contributed by atoms with Crippen LogP contribution in [0.4, 0.5) is 5.69 Å². The smallest absolute Gasteiger partial charge is 0.101 e. The number of nitriles is 1. The van der Waals surface area contributed by atoms with Gasteiger partial charge in [0.2, 0.25) is 0 Å². The second-order valence-corrected chi connectivity index (χ2v) is 8.78. The van der Waals surface area contributed by atoms with Gasteiger partial charge in [-0.25, -0.2) is 4.98 Å². The SMILES string of the molecule is N#Cc1cncc(N2CCC(c3nc4c(s3)CCN(C3=CC=C3)CC4)CC2)c1. The fourth-order valence-electron chi connectivity index (χ4n) is 4.26. The first-order valence-electron chi connectivity index (χ1n) is 10.0. The lowest BCUT2D eigenvalue weighted by molar-refractivity contribution is 0.369. The molecule has 5 nitrogen and oxygen atoms in total. The Morgan fingerprint density at radius 3 is 2.64 bits per heavy atom. The molecule has 0 radical (unpaired) electrons. The fourth-order valence-corrected chi connectivity index (χ4v) is 5.53. The molecule has 0 bridgehead atoms. The number of aromatic nitrogens is 2. The van der Waals surface area contributed by atoms with E-state index in [0.717, 1.165) is 57.5 Å². The van der Waals surface area contributed by atoms with Gasteiger partial charge >= 0.3 is 0 Å². The molecule has 1 saturated heterocycles. The third kappa shape index (κ3) is 3.31. The van der Waals surface area contributed by atoms with Crippen LogP contribution in [0.2, 0.25) is 0 Å². The van der Waals surface area contributed by atoms with Gasteiger partial charge in [-0.1, -0.05) is 6.08 Å². The van der Waals surface area contributed by atoms with Crippen LogP contribution in [0, 0.1) is 11.3 Å². The Morgan fingerprint density at radius 2 is 1.89 bits per heavy atom. The number of thiazole rings is 1. The van der Waals surface area contributed by atoms with Crippen molar-refractivity contribution in [2.75, 3.05) is 31.1 Å². The molecular formula is C22H23N5S. The van der Waals surface area contributed by atoms with Crippen molar-refractivity contribution in [3.8, 4) is 6.07 Å². The van der Waals surface area contributed by atoms with Crippen molar-refractivity contribution in [2.45, 2.75) is 31.6 Å². The lowest BCUT2D eigenvalue weighted by Crippen LogP contribution is -2.33. The van der Waals surface area contributed by atoms with Crippen LogP contribution in [0.1, 0.15) is 39.9 Å². The molecule has 28 heavy (non-hydrogen) atoms. The van der Waals surface area contributed by atoms with Gasteiger partial charge in [0.15, 0.2) is 0 Å². The third-order valence-electron chi connectivity index (χ3n) is 5.98. The van der Waals surface area contributed by atoms with Crippen LogP contribution in [0.15, 0.2) is 42.4 Å². The minimum Gasteiger partial charge on any atom is -0.371 e. The Morgan fingerprint density at radius 1 is 1.07 bits per heavy atom. The topological polar surface area (TPSA) is 56.1 Å². The number of anilines is 1. The summed E-state index contributed by atoms with van der Waals surface area (Å²) in [5.41, 5.74) is 4.40. The summed E-state index contributed by atoms with van der Waals surface area (Å²) in [6.07, 6.45) is 14.4. The molecule has 2 aromatic rings. The molecule has 0 saturated carbocycles. The second-order valence-electron chi connectivity index (χ2n) is 7.66. The summed E-state index contributed by atoms with van der Waals surface area (Å²) in [7, 11) is 0. The van der Waals surface area contributed by atoms with Crippen molar-refractivity contribution < 1.29 is 0 Å². The van der Waals surface area contributed by atoms with Gasteiger partial charge in [-0.3, -0.25) is 4.98 Å². The van der Waals surface area contributed by atoms with Gasteiger partial charge in [-0.05, 0) is 31.1 Å². The largest absolute Gasteiger partial charge is 0.371 e. The standard InChI is InChI=1S/C22H23N5S/c23-13-16-12-19(15-24-14-16)27-8-4-17(5-9-27)22-25-20-6-10-26(18-2-1-3-18)11-7-21(20)28-22/h1-3,12,14-15,17H,4-11H2. The molecule has 0 aromatic carbocycles. The molecule has 1 aliphatic carbocycles. The van der Waals surface area contributed by atoms with Gasteiger partial charge in [0.05, 0.1) is 28.1 Å². The molecule has 0 amide bonds. The Hall–Kier alpha value is -2.65. The zero-order valence-corrected chi connectivity index (χ0v) is 16.7. The maximum absolute atomic E-state index is 9.09. The molecule has 0 N–H and O–H groups in total. The highest BCUT2D eigenvalue weighted by Gasteiger charge is 2.26. The van der Waals surface area contributed by atoms with E-state index in [1.54, 1.807) is 6.20 Å². The Bertz CT molecular complexity index is 950. The number of rotatable bonds is 3. The summed E-state index contributed by atoms with van der Waals surface area (Å²) in [5, 5.41) is 10.4. The first-order chi connectivity index (χ1) is 13.8. The van der Waals surface area contributed by atoms with Crippen molar-refractivity contribution in [3.05, 3.63) is 63.5 Å². The van der Waals surface area contributed by atoms with Crippen molar-refractivity contribution in [1.82, 2.24) is 14.9 Å².